The Morgan fingerprint density at radius 2 is 1.66 bits per heavy atom. The fraction of sp³-hybridized carbons (Fsp3) is 0.0833. The van der Waals surface area contributed by atoms with Crippen molar-refractivity contribution in [3.8, 4) is 17.6 Å². The van der Waals surface area contributed by atoms with Crippen LogP contribution < -0.4 is 14.8 Å². The van der Waals surface area contributed by atoms with Crippen LogP contribution in [0.4, 0.5) is 11.4 Å². The highest BCUT2D eigenvalue weighted by atomic mass is 16.6. The summed E-state index contributed by atoms with van der Waals surface area (Å²) in [6, 6.07) is 21.7. The van der Waals surface area contributed by atoms with Crippen LogP contribution in [-0.4, -0.2) is 24.5 Å². The van der Waals surface area contributed by atoms with Gasteiger partial charge in [0.05, 0.1) is 23.7 Å². The highest BCUT2D eigenvalue weighted by Crippen LogP contribution is 2.22. The molecule has 0 aromatic heterocycles. The van der Waals surface area contributed by atoms with Crippen molar-refractivity contribution in [1.29, 1.82) is 5.26 Å². The van der Waals surface area contributed by atoms with E-state index in [0.29, 0.717) is 28.3 Å². The number of rotatable bonds is 8. The number of hydrogen-bond acceptors (Lipinski definition) is 6. The Hall–Kier alpha value is -4.64. The highest BCUT2D eigenvalue weighted by Gasteiger charge is 2.08. The number of ether oxygens (including phenoxy) is 2. The molecule has 8 heteroatoms. The standard InChI is InChI=1S/C24H19N3O5/c1-31-22-12-6-20(7-13-22)26-24(28)16-32-23-10-2-17(3-11-23)14-19(15-25)18-4-8-21(9-5-18)27(29)30/h2-14H,16H2,1H3,(H,26,28)/b19-14+. The van der Waals surface area contributed by atoms with Gasteiger partial charge in [-0.1, -0.05) is 12.1 Å². The maximum atomic E-state index is 12.1. The number of methoxy groups -OCH3 is 1. The molecule has 3 aromatic carbocycles. The third-order valence-corrected chi connectivity index (χ3v) is 4.44. The number of allylic oxidation sites excluding steroid dienone is 1. The van der Waals surface area contributed by atoms with Gasteiger partial charge in [0.1, 0.15) is 11.5 Å². The second kappa shape index (κ2) is 10.4. The Labute approximate surface area is 184 Å². The molecule has 160 valence electrons. The zero-order chi connectivity index (χ0) is 22.9. The van der Waals surface area contributed by atoms with Crippen LogP contribution in [0.5, 0.6) is 11.5 Å². The molecule has 0 heterocycles. The lowest BCUT2D eigenvalue weighted by Gasteiger charge is -2.08. The van der Waals surface area contributed by atoms with Gasteiger partial charge in [-0.25, -0.2) is 0 Å². The van der Waals surface area contributed by atoms with Crippen LogP contribution in [0.2, 0.25) is 0 Å². The second-order valence-electron chi connectivity index (χ2n) is 6.61. The summed E-state index contributed by atoms with van der Waals surface area (Å²) in [5.41, 5.74) is 2.29. The third-order valence-electron chi connectivity index (χ3n) is 4.44. The van der Waals surface area contributed by atoms with Crippen LogP contribution in [0.25, 0.3) is 11.6 Å². The number of carbonyl (C=O) groups excluding carboxylic acids is 1. The van der Waals surface area contributed by atoms with E-state index in [0.717, 1.165) is 5.56 Å². The molecule has 0 fully saturated rings. The van der Waals surface area contributed by atoms with E-state index in [-0.39, 0.29) is 18.2 Å². The molecule has 3 aromatic rings. The molecule has 0 aliphatic rings. The minimum absolute atomic E-state index is 0.0384. The van der Waals surface area contributed by atoms with Crippen LogP contribution in [0.1, 0.15) is 11.1 Å². The summed E-state index contributed by atoms with van der Waals surface area (Å²) >= 11 is 0. The van der Waals surface area contributed by atoms with Crippen LogP contribution >= 0.6 is 0 Å². The zero-order valence-corrected chi connectivity index (χ0v) is 17.1. The maximum Gasteiger partial charge on any atom is 0.269 e. The topological polar surface area (TPSA) is 114 Å². The zero-order valence-electron chi connectivity index (χ0n) is 17.1. The Balaban J connectivity index is 1.59. The van der Waals surface area contributed by atoms with Gasteiger partial charge in [-0.2, -0.15) is 5.26 Å². The normalized spacial score (nSPS) is 10.7. The van der Waals surface area contributed by atoms with Crippen molar-refractivity contribution in [2.45, 2.75) is 0 Å². The molecule has 0 aliphatic carbocycles. The molecule has 1 N–H and O–H groups in total. The van der Waals surface area contributed by atoms with E-state index in [4.69, 9.17) is 9.47 Å². The number of nitro groups is 1. The first-order valence-corrected chi connectivity index (χ1v) is 9.52. The molecule has 0 spiro atoms. The molecule has 0 saturated heterocycles. The summed E-state index contributed by atoms with van der Waals surface area (Å²) in [5, 5.41) is 22.9. The first-order chi connectivity index (χ1) is 15.5. The van der Waals surface area contributed by atoms with Crippen LogP contribution in [0.15, 0.2) is 72.8 Å². The van der Waals surface area contributed by atoms with E-state index in [1.165, 1.54) is 24.3 Å². The number of anilines is 1. The summed E-state index contributed by atoms with van der Waals surface area (Å²) in [6.45, 7) is -0.159. The van der Waals surface area contributed by atoms with Gasteiger partial charge in [0.15, 0.2) is 6.61 Å². The van der Waals surface area contributed by atoms with Crippen LogP contribution in [0, 0.1) is 21.4 Å². The molecule has 3 rings (SSSR count). The molecule has 1 amide bonds. The lowest BCUT2D eigenvalue weighted by molar-refractivity contribution is -0.384. The Kier molecular flexibility index (Phi) is 7.17. The number of nitrogens with one attached hydrogen (secondary N) is 1. The predicted octanol–water partition coefficient (Wildman–Crippen LogP) is 4.69. The predicted molar refractivity (Wildman–Crippen MR) is 120 cm³/mol. The van der Waals surface area contributed by atoms with Crippen molar-refractivity contribution in [3.63, 3.8) is 0 Å². The number of hydrogen-bond donors (Lipinski definition) is 1. The number of benzene rings is 3. The van der Waals surface area contributed by atoms with E-state index in [1.807, 2.05) is 0 Å². The summed E-state index contributed by atoms with van der Waals surface area (Å²) in [6.07, 6.45) is 1.67. The van der Waals surface area contributed by atoms with Crippen molar-refractivity contribution in [3.05, 3.63) is 94.0 Å². The number of nitriles is 1. The molecule has 0 atom stereocenters. The first-order valence-electron chi connectivity index (χ1n) is 9.52. The number of carbonyl (C=O) groups is 1. The Morgan fingerprint density at radius 3 is 2.22 bits per heavy atom. The van der Waals surface area contributed by atoms with Gasteiger partial charge in [0, 0.05) is 17.8 Å². The average Bonchev–Trinajstić information content (AvgIpc) is 2.82. The average molecular weight is 429 g/mol. The summed E-state index contributed by atoms with van der Waals surface area (Å²) in [7, 11) is 1.57. The van der Waals surface area contributed by atoms with Gasteiger partial charge in [0.25, 0.3) is 11.6 Å². The highest BCUT2D eigenvalue weighted by molar-refractivity contribution is 5.92. The van der Waals surface area contributed by atoms with Crippen molar-refractivity contribution in [1.82, 2.24) is 0 Å². The van der Waals surface area contributed by atoms with E-state index in [2.05, 4.69) is 11.4 Å². The van der Waals surface area contributed by atoms with Crippen LogP contribution in [0.3, 0.4) is 0 Å². The van der Waals surface area contributed by atoms with Gasteiger partial charge in [-0.3, -0.25) is 14.9 Å². The van der Waals surface area contributed by atoms with Gasteiger partial charge >= 0.3 is 0 Å². The minimum atomic E-state index is -0.491. The van der Waals surface area contributed by atoms with Gasteiger partial charge in [-0.15, -0.1) is 0 Å². The molecule has 0 radical (unpaired) electrons. The minimum Gasteiger partial charge on any atom is -0.497 e. The largest absolute Gasteiger partial charge is 0.497 e. The smallest absolute Gasteiger partial charge is 0.269 e. The molecular formula is C24H19N3O5. The second-order valence-corrected chi connectivity index (χ2v) is 6.61. The van der Waals surface area contributed by atoms with Crippen molar-refractivity contribution >= 4 is 28.9 Å². The number of nitro benzene ring substituents is 1. The molecule has 0 bridgehead atoms. The van der Waals surface area contributed by atoms with Crippen LogP contribution in [-0.2, 0) is 4.79 Å². The molecule has 32 heavy (non-hydrogen) atoms. The summed E-state index contributed by atoms with van der Waals surface area (Å²) in [4.78, 5) is 22.3. The number of non-ortho nitro benzene ring substituents is 1. The van der Waals surface area contributed by atoms with Crippen molar-refractivity contribution in [2.24, 2.45) is 0 Å². The molecular weight excluding hydrogens is 410 g/mol. The van der Waals surface area contributed by atoms with Gasteiger partial charge in [-0.05, 0) is 65.7 Å². The fourth-order valence-corrected chi connectivity index (χ4v) is 2.79. The first kappa shape index (κ1) is 22.1. The van der Waals surface area contributed by atoms with Crippen molar-refractivity contribution < 1.29 is 19.2 Å². The maximum absolute atomic E-state index is 12.1. The number of nitrogens with zero attached hydrogens (tertiary/aromatic N) is 2. The molecule has 0 saturated carbocycles. The monoisotopic (exact) mass is 429 g/mol. The third kappa shape index (κ3) is 5.93. The number of amides is 1. The Morgan fingerprint density at radius 1 is 1.03 bits per heavy atom. The van der Waals surface area contributed by atoms with E-state index >= 15 is 0 Å². The van der Waals surface area contributed by atoms with E-state index in [1.54, 1.807) is 61.7 Å². The van der Waals surface area contributed by atoms with Gasteiger partial charge in [0.2, 0.25) is 0 Å². The van der Waals surface area contributed by atoms with Gasteiger partial charge < -0.3 is 14.8 Å². The SMILES string of the molecule is COc1ccc(NC(=O)COc2ccc(/C=C(\C#N)c3ccc([N+](=O)[O-])cc3)cc2)cc1. The van der Waals surface area contributed by atoms with Crippen molar-refractivity contribution in [2.75, 3.05) is 19.0 Å². The lowest BCUT2D eigenvalue weighted by Crippen LogP contribution is -2.20. The molecule has 0 unspecified atom stereocenters. The fourth-order valence-electron chi connectivity index (χ4n) is 2.79. The van der Waals surface area contributed by atoms with E-state index < -0.39 is 4.92 Å². The molecule has 8 nitrogen and oxygen atoms in total. The quantitative estimate of drug-likeness (QED) is 0.241. The Bertz CT molecular complexity index is 1160. The molecule has 0 aliphatic heterocycles. The van der Waals surface area contributed by atoms with E-state index in [9.17, 15) is 20.2 Å². The summed E-state index contributed by atoms with van der Waals surface area (Å²) < 4.78 is 10.6. The lowest BCUT2D eigenvalue weighted by atomic mass is 10.0. The summed E-state index contributed by atoms with van der Waals surface area (Å²) in [5.74, 6) is 0.895.